The summed E-state index contributed by atoms with van der Waals surface area (Å²) in [7, 11) is 0. The molecule has 2 amide bonds. The average Bonchev–Trinajstić information content (AvgIpc) is 2.62. The van der Waals surface area contributed by atoms with Crippen LogP contribution in [0.15, 0.2) is 48.5 Å². The van der Waals surface area contributed by atoms with Crippen LogP contribution in [0.1, 0.15) is 27.2 Å². The Morgan fingerprint density at radius 3 is 2.00 bits per heavy atom. The molecule has 0 aromatic heterocycles. The van der Waals surface area contributed by atoms with Crippen LogP contribution in [0.3, 0.4) is 0 Å². The number of carbonyl (C=O) groups excluding carboxylic acids is 2. The third-order valence-corrected chi connectivity index (χ3v) is 3.76. The Labute approximate surface area is 160 Å². The lowest BCUT2D eigenvalue weighted by Gasteiger charge is -2.10. The second kappa shape index (κ2) is 10.2. The van der Waals surface area contributed by atoms with E-state index in [9.17, 15) is 9.59 Å². The standard InChI is InChI=1S/C21H27N3O3/c1-15(2)12-13-27-20-10-8-17(9-11-20)22-14-21(26)24-19-6-4-18(5-7-19)23-16(3)25/h4-11,15,22H,12-14H2,1-3H3,(H,23,25)(H,24,26). The maximum Gasteiger partial charge on any atom is 0.243 e. The van der Waals surface area contributed by atoms with Crippen LogP contribution in [0.5, 0.6) is 5.75 Å². The van der Waals surface area contributed by atoms with Crippen molar-refractivity contribution in [1.82, 2.24) is 0 Å². The number of amides is 2. The first-order chi connectivity index (χ1) is 12.9. The summed E-state index contributed by atoms with van der Waals surface area (Å²) in [5.74, 6) is 1.16. The first-order valence-electron chi connectivity index (χ1n) is 9.06. The van der Waals surface area contributed by atoms with E-state index >= 15 is 0 Å². The number of hydrogen-bond acceptors (Lipinski definition) is 4. The fraction of sp³-hybridized carbons (Fsp3) is 0.333. The smallest absolute Gasteiger partial charge is 0.243 e. The Bertz CT molecular complexity index is 740. The van der Waals surface area contributed by atoms with E-state index in [1.54, 1.807) is 24.3 Å². The number of hydrogen-bond donors (Lipinski definition) is 3. The minimum Gasteiger partial charge on any atom is -0.494 e. The van der Waals surface area contributed by atoms with Crippen LogP contribution < -0.4 is 20.7 Å². The van der Waals surface area contributed by atoms with Crippen LogP contribution >= 0.6 is 0 Å². The molecule has 0 spiro atoms. The molecule has 0 aliphatic heterocycles. The topological polar surface area (TPSA) is 79.5 Å². The first-order valence-corrected chi connectivity index (χ1v) is 9.06. The minimum absolute atomic E-state index is 0.132. The highest BCUT2D eigenvalue weighted by Gasteiger charge is 2.04. The van der Waals surface area contributed by atoms with Gasteiger partial charge in [0, 0.05) is 24.0 Å². The van der Waals surface area contributed by atoms with Crippen LogP contribution in [0, 0.1) is 5.92 Å². The van der Waals surface area contributed by atoms with Crippen molar-refractivity contribution in [2.45, 2.75) is 27.2 Å². The molecule has 6 heteroatoms. The van der Waals surface area contributed by atoms with Crippen molar-refractivity contribution >= 4 is 28.9 Å². The molecule has 2 aromatic rings. The Balaban J connectivity index is 1.75. The van der Waals surface area contributed by atoms with Crippen molar-refractivity contribution in [3.8, 4) is 5.75 Å². The van der Waals surface area contributed by atoms with Gasteiger partial charge >= 0.3 is 0 Å². The van der Waals surface area contributed by atoms with Gasteiger partial charge in [-0.3, -0.25) is 9.59 Å². The van der Waals surface area contributed by atoms with E-state index in [0.29, 0.717) is 23.9 Å². The molecule has 144 valence electrons. The Morgan fingerprint density at radius 2 is 1.44 bits per heavy atom. The first kappa shape index (κ1) is 20.3. The van der Waals surface area contributed by atoms with Gasteiger partial charge < -0.3 is 20.7 Å². The molecule has 0 unspecified atom stereocenters. The van der Waals surface area contributed by atoms with E-state index in [1.807, 2.05) is 24.3 Å². The molecule has 0 saturated heterocycles. The van der Waals surface area contributed by atoms with Crippen LogP contribution in [-0.2, 0) is 9.59 Å². The molecule has 2 aromatic carbocycles. The van der Waals surface area contributed by atoms with Crippen molar-refractivity contribution in [2.75, 3.05) is 29.1 Å². The summed E-state index contributed by atoms with van der Waals surface area (Å²) >= 11 is 0. The summed E-state index contributed by atoms with van der Waals surface area (Å²) in [6, 6.07) is 14.5. The molecular weight excluding hydrogens is 342 g/mol. The van der Waals surface area contributed by atoms with E-state index in [-0.39, 0.29) is 18.4 Å². The Morgan fingerprint density at radius 1 is 0.889 bits per heavy atom. The second-order valence-corrected chi connectivity index (χ2v) is 6.72. The summed E-state index contributed by atoms with van der Waals surface area (Å²) in [6.07, 6.45) is 1.02. The fourth-order valence-electron chi connectivity index (χ4n) is 2.31. The van der Waals surface area contributed by atoms with Gasteiger partial charge in [0.15, 0.2) is 0 Å². The van der Waals surface area contributed by atoms with Crippen LogP contribution in [0.4, 0.5) is 17.1 Å². The van der Waals surface area contributed by atoms with Crippen molar-refractivity contribution in [3.63, 3.8) is 0 Å². The van der Waals surface area contributed by atoms with E-state index in [1.165, 1.54) is 6.92 Å². The number of ether oxygens (including phenoxy) is 1. The molecule has 3 N–H and O–H groups in total. The average molecular weight is 369 g/mol. The van der Waals surface area contributed by atoms with Crippen molar-refractivity contribution in [3.05, 3.63) is 48.5 Å². The molecular formula is C21H27N3O3. The Kier molecular flexibility index (Phi) is 7.67. The number of carbonyl (C=O) groups is 2. The van der Waals surface area contributed by atoms with Gasteiger partial charge in [-0.1, -0.05) is 13.8 Å². The largest absolute Gasteiger partial charge is 0.494 e. The maximum absolute atomic E-state index is 12.1. The number of anilines is 3. The molecule has 0 aliphatic rings. The van der Waals surface area contributed by atoms with E-state index < -0.39 is 0 Å². The van der Waals surface area contributed by atoms with Gasteiger partial charge in [0.1, 0.15) is 5.75 Å². The molecule has 0 atom stereocenters. The van der Waals surface area contributed by atoms with Gasteiger partial charge in [0.2, 0.25) is 11.8 Å². The lowest BCUT2D eigenvalue weighted by atomic mass is 10.1. The SMILES string of the molecule is CC(=O)Nc1ccc(NC(=O)CNc2ccc(OCCC(C)C)cc2)cc1. The second-order valence-electron chi connectivity index (χ2n) is 6.72. The number of benzene rings is 2. The van der Waals surface area contributed by atoms with Crippen molar-refractivity contribution < 1.29 is 14.3 Å². The van der Waals surface area contributed by atoms with Crippen molar-refractivity contribution in [1.29, 1.82) is 0 Å². The summed E-state index contributed by atoms with van der Waals surface area (Å²) in [5.41, 5.74) is 2.21. The highest BCUT2D eigenvalue weighted by molar-refractivity contribution is 5.94. The zero-order valence-electron chi connectivity index (χ0n) is 16.0. The third-order valence-electron chi connectivity index (χ3n) is 3.76. The van der Waals surface area contributed by atoms with Crippen LogP contribution in [0.25, 0.3) is 0 Å². The predicted molar refractivity (Wildman–Crippen MR) is 109 cm³/mol. The predicted octanol–water partition coefficient (Wildman–Crippen LogP) is 4.12. The zero-order chi connectivity index (χ0) is 19.6. The highest BCUT2D eigenvalue weighted by Crippen LogP contribution is 2.17. The normalized spacial score (nSPS) is 10.4. The van der Waals surface area contributed by atoms with Crippen LogP contribution in [-0.4, -0.2) is 25.0 Å². The molecule has 0 saturated carbocycles. The van der Waals surface area contributed by atoms with Gasteiger partial charge in [-0.15, -0.1) is 0 Å². The monoisotopic (exact) mass is 369 g/mol. The van der Waals surface area contributed by atoms with E-state index in [4.69, 9.17) is 4.74 Å². The van der Waals surface area contributed by atoms with Crippen molar-refractivity contribution in [2.24, 2.45) is 5.92 Å². The third kappa shape index (κ3) is 7.81. The Hall–Kier alpha value is -3.02. The molecule has 6 nitrogen and oxygen atoms in total. The quantitative estimate of drug-likeness (QED) is 0.621. The molecule has 0 fully saturated rings. The molecule has 0 heterocycles. The zero-order valence-corrected chi connectivity index (χ0v) is 16.0. The van der Waals surface area contributed by atoms with Gasteiger partial charge in [-0.05, 0) is 60.9 Å². The fourth-order valence-corrected chi connectivity index (χ4v) is 2.31. The molecule has 27 heavy (non-hydrogen) atoms. The summed E-state index contributed by atoms with van der Waals surface area (Å²) in [4.78, 5) is 23.1. The highest BCUT2D eigenvalue weighted by atomic mass is 16.5. The number of nitrogens with one attached hydrogen (secondary N) is 3. The lowest BCUT2D eigenvalue weighted by molar-refractivity contribution is -0.115. The molecule has 2 rings (SSSR count). The van der Waals surface area contributed by atoms with Gasteiger partial charge in [0.25, 0.3) is 0 Å². The van der Waals surface area contributed by atoms with E-state index in [0.717, 1.165) is 17.9 Å². The van der Waals surface area contributed by atoms with Gasteiger partial charge in [-0.25, -0.2) is 0 Å². The van der Waals surface area contributed by atoms with Crippen LogP contribution in [0.2, 0.25) is 0 Å². The molecule has 0 bridgehead atoms. The number of rotatable bonds is 9. The molecule has 0 radical (unpaired) electrons. The maximum atomic E-state index is 12.1. The molecule has 0 aliphatic carbocycles. The summed E-state index contributed by atoms with van der Waals surface area (Å²) in [6.45, 7) is 6.64. The van der Waals surface area contributed by atoms with Gasteiger partial charge in [-0.2, -0.15) is 0 Å². The minimum atomic E-state index is -0.153. The lowest BCUT2D eigenvalue weighted by Crippen LogP contribution is -2.21. The van der Waals surface area contributed by atoms with E-state index in [2.05, 4.69) is 29.8 Å². The summed E-state index contributed by atoms with van der Waals surface area (Å²) in [5, 5.41) is 8.56. The van der Waals surface area contributed by atoms with Gasteiger partial charge in [0.05, 0.1) is 13.2 Å². The summed E-state index contributed by atoms with van der Waals surface area (Å²) < 4.78 is 5.68.